The Balaban J connectivity index is 1.03. The van der Waals surface area contributed by atoms with Crippen LogP contribution in [0.15, 0.2) is 29.1 Å². The van der Waals surface area contributed by atoms with Crippen molar-refractivity contribution in [1.29, 1.82) is 0 Å². The Hall–Kier alpha value is -2.23. The Morgan fingerprint density at radius 1 is 1.15 bits per heavy atom. The summed E-state index contributed by atoms with van der Waals surface area (Å²) in [5.74, 6) is 2.08. The number of nitrogens with zero attached hydrogens (tertiary/aromatic N) is 2. The molecule has 2 N–H and O–H groups in total. The van der Waals surface area contributed by atoms with Gasteiger partial charge in [-0.1, -0.05) is 12.1 Å². The maximum atomic E-state index is 12.6. The predicted molar refractivity (Wildman–Crippen MR) is 139 cm³/mol. The summed E-state index contributed by atoms with van der Waals surface area (Å²) in [7, 11) is 0. The number of H-pyrrole nitrogens is 1. The summed E-state index contributed by atoms with van der Waals surface area (Å²) in [6.45, 7) is 0.661. The molecule has 1 amide bonds. The number of amides is 1. The quantitative estimate of drug-likeness (QED) is 0.322. The smallest absolute Gasteiger partial charge is 0.259 e. The number of thioether (sulfide) groups is 1. The largest absolute Gasteiger partial charge is 0.356 e. The summed E-state index contributed by atoms with van der Waals surface area (Å²) >= 11 is 5.03. The Bertz CT molecular complexity index is 1310. The number of aromatic amines is 1. The van der Waals surface area contributed by atoms with E-state index in [-0.39, 0.29) is 11.5 Å². The highest BCUT2D eigenvalue weighted by Crippen LogP contribution is 2.33. The van der Waals surface area contributed by atoms with Crippen molar-refractivity contribution < 1.29 is 4.79 Å². The van der Waals surface area contributed by atoms with Gasteiger partial charge in [0.25, 0.3) is 5.56 Å². The second kappa shape index (κ2) is 10.4. The van der Waals surface area contributed by atoms with Crippen molar-refractivity contribution in [3.63, 3.8) is 0 Å². The normalized spacial score (nSPS) is 13.5. The first kappa shape index (κ1) is 22.6. The SMILES string of the molecule is O=C(CCSCc1nc2sc3c(c2c(=O)[nH]1)CCCC3)NCCCc1nc2ccccc2s1. The molecule has 9 heteroatoms. The molecule has 1 aliphatic carbocycles. The van der Waals surface area contributed by atoms with E-state index < -0.39 is 0 Å². The van der Waals surface area contributed by atoms with Crippen LogP contribution in [0.25, 0.3) is 20.4 Å². The number of aryl methyl sites for hydroxylation is 3. The first-order valence-electron chi connectivity index (χ1n) is 11.4. The highest BCUT2D eigenvalue weighted by molar-refractivity contribution is 7.98. The number of rotatable bonds is 9. The third kappa shape index (κ3) is 5.31. The van der Waals surface area contributed by atoms with Crippen LogP contribution >= 0.6 is 34.4 Å². The summed E-state index contributed by atoms with van der Waals surface area (Å²) in [5.41, 5.74) is 2.25. The molecular weight excluding hydrogens is 472 g/mol. The van der Waals surface area contributed by atoms with E-state index in [1.165, 1.54) is 21.6 Å². The second-order valence-electron chi connectivity index (χ2n) is 8.24. The van der Waals surface area contributed by atoms with E-state index in [1.54, 1.807) is 34.4 Å². The van der Waals surface area contributed by atoms with Crippen LogP contribution in [0.3, 0.4) is 0 Å². The van der Waals surface area contributed by atoms with Gasteiger partial charge in [-0.25, -0.2) is 9.97 Å². The molecule has 0 atom stereocenters. The molecule has 6 nitrogen and oxygen atoms in total. The molecule has 5 rings (SSSR count). The van der Waals surface area contributed by atoms with Gasteiger partial charge in [0.05, 0.1) is 26.4 Å². The average molecular weight is 499 g/mol. The number of thiazole rings is 1. The van der Waals surface area contributed by atoms with Crippen LogP contribution in [-0.4, -0.2) is 33.2 Å². The zero-order chi connectivity index (χ0) is 22.6. The molecule has 0 bridgehead atoms. The molecule has 0 fully saturated rings. The average Bonchev–Trinajstić information content (AvgIpc) is 3.40. The summed E-state index contributed by atoms with van der Waals surface area (Å²) in [5, 5.41) is 4.92. The Morgan fingerprint density at radius 2 is 2.03 bits per heavy atom. The highest BCUT2D eigenvalue weighted by Gasteiger charge is 2.19. The lowest BCUT2D eigenvalue weighted by Gasteiger charge is -2.09. The lowest BCUT2D eigenvalue weighted by atomic mass is 9.97. The number of thiophene rings is 1. The lowest BCUT2D eigenvalue weighted by Crippen LogP contribution is -2.25. The first-order valence-corrected chi connectivity index (χ1v) is 14.2. The third-order valence-corrected chi connectivity index (χ3v) is 9.07. The molecule has 172 valence electrons. The molecule has 0 aliphatic heterocycles. The second-order valence-corrected chi connectivity index (χ2v) is 11.5. The molecule has 4 aromatic rings. The van der Waals surface area contributed by atoms with Gasteiger partial charge in [0.1, 0.15) is 10.7 Å². The Labute approximate surface area is 204 Å². The van der Waals surface area contributed by atoms with Gasteiger partial charge in [-0.05, 0) is 49.8 Å². The monoisotopic (exact) mass is 498 g/mol. The van der Waals surface area contributed by atoms with Gasteiger partial charge in [0.2, 0.25) is 5.91 Å². The van der Waals surface area contributed by atoms with Crippen molar-refractivity contribution in [2.45, 2.75) is 50.7 Å². The molecule has 0 radical (unpaired) electrons. The number of hydrogen-bond donors (Lipinski definition) is 2. The molecule has 0 saturated carbocycles. The molecular formula is C24H26N4O2S3. The van der Waals surface area contributed by atoms with Gasteiger partial charge in [0.15, 0.2) is 0 Å². The van der Waals surface area contributed by atoms with Gasteiger partial charge < -0.3 is 10.3 Å². The van der Waals surface area contributed by atoms with Gasteiger partial charge in [-0.2, -0.15) is 11.8 Å². The van der Waals surface area contributed by atoms with Gasteiger partial charge in [-0.15, -0.1) is 22.7 Å². The van der Waals surface area contributed by atoms with Crippen LogP contribution < -0.4 is 10.9 Å². The molecule has 0 saturated heterocycles. The molecule has 1 aromatic carbocycles. The zero-order valence-corrected chi connectivity index (χ0v) is 20.8. The number of benzene rings is 1. The standard InChI is InChI=1S/C24H26N4O2S3/c29-20(25-12-5-10-21-26-16-7-2-4-9-18(16)32-21)11-13-31-14-19-27-23(30)22-15-6-1-3-8-17(15)33-24(22)28-19/h2,4,7,9H,1,3,5-6,8,10-14H2,(H,25,29)(H,27,28,30). The molecule has 0 unspecified atom stereocenters. The van der Waals surface area contributed by atoms with Crippen LogP contribution in [-0.2, 0) is 29.8 Å². The van der Waals surface area contributed by atoms with E-state index in [2.05, 4.69) is 21.4 Å². The lowest BCUT2D eigenvalue weighted by molar-refractivity contribution is -0.120. The summed E-state index contributed by atoms with van der Waals surface area (Å²) in [6, 6.07) is 8.16. The topological polar surface area (TPSA) is 87.7 Å². The van der Waals surface area contributed by atoms with E-state index in [1.807, 2.05) is 18.2 Å². The van der Waals surface area contributed by atoms with Crippen molar-refractivity contribution in [3.05, 3.63) is 55.9 Å². The van der Waals surface area contributed by atoms with Gasteiger partial charge in [0, 0.05) is 30.0 Å². The van der Waals surface area contributed by atoms with E-state index in [0.717, 1.165) is 52.8 Å². The maximum absolute atomic E-state index is 12.6. The van der Waals surface area contributed by atoms with Crippen LogP contribution in [0, 0.1) is 0 Å². The van der Waals surface area contributed by atoms with Crippen LogP contribution in [0.4, 0.5) is 0 Å². The predicted octanol–water partition coefficient (Wildman–Crippen LogP) is 4.85. The Morgan fingerprint density at radius 3 is 2.94 bits per heavy atom. The summed E-state index contributed by atoms with van der Waals surface area (Å²) in [6.07, 6.45) is 6.63. The fraction of sp³-hybridized carbons (Fsp3) is 0.417. The molecule has 0 spiro atoms. The van der Waals surface area contributed by atoms with E-state index >= 15 is 0 Å². The van der Waals surface area contributed by atoms with Crippen molar-refractivity contribution in [3.8, 4) is 0 Å². The number of carbonyl (C=O) groups excluding carboxylic acids is 1. The number of para-hydroxylation sites is 1. The number of hydrogen-bond acceptors (Lipinski definition) is 7. The highest BCUT2D eigenvalue weighted by atomic mass is 32.2. The van der Waals surface area contributed by atoms with Crippen LogP contribution in [0.1, 0.15) is 47.0 Å². The summed E-state index contributed by atoms with van der Waals surface area (Å²) < 4.78 is 1.21. The fourth-order valence-corrected chi connectivity index (χ4v) is 7.29. The number of aromatic nitrogens is 3. The maximum Gasteiger partial charge on any atom is 0.259 e. The van der Waals surface area contributed by atoms with Gasteiger partial charge >= 0.3 is 0 Å². The minimum Gasteiger partial charge on any atom is -0.356 e. The van der Waals surface area contributed by atoms with Crippen molar-refractivity contribution in [2.24, 2.45) is 0 Å². The first-order chi connectivity index (χ1) is 16.2. The van der Waals surface area contributed by atoms with E-state index in [9.17, 15) is 9.59 Å². The van der Waals surface area contributed by atoms with Crippen LogP contribution in [0.2, 0.25) is 0 Å². The fourth-order valence-electron chi connectivity index (χ4n) is 4.19. The van der Waals surface area contributed by atoms with Crippen molar-refractivity contribution in [1.82, 2.24) is 20.3 Å². The van der Waals surface area contributed by atoms with Crippen LogP contribution in [0.5, 0.6) is 0 Å². The minimum atomic E-state index is -0.0131. The number of carbonyl (C=O) groups is 1. The van der Waals surface area contributed by atoms with Gasteiger partial charge in [-0.3, -0.25) is 9.59 Å². The minimum absolute atomic E-state index is 0.0131. The molecule has 3 heterocycles. The van der Waals surface area contributed by atoms with Crippen molar-refractivity contribution >= 4 is 60.8 Å². The van der Waals surface area contributed by atoms with Crippen molar-refractivity contribution in [2.75, 3.05) is 12.3 Å². The Kier molecular flexibility index (Phi) is 7.08. The third-order valence-electron chi connectivity index (χ3n) is 5.81. The van der Waals surface area contributed by atoms with E-state index in [4.69, 9.17) is 4.98 Å². The molecule has 1 aliphatic rings. The number of fused-ring (bicyclic) bond motifs is 4. The zero-order valence-electron chi connectivity index (χ0n) is 18.3. The molecule has 33 heavy (non-hydrogen) atoms. The molecule has 3 aromatic heterocycles. The summed E-state index contributed by atoms with van der Waals surface area (Å²) in [4.78, 5) is 39.2. The van der Waals surface area contributed by atoms with E-state index in [0.29, 0.717) is 30.3 Å². The number of nitrogens with one attached hydrogen (secondary N) is 2.